The number of nitro groups is 1. The Balaban J connectivity index is 2.06. The van der Waals surface area contributed by atoms with Gasteiger partial charge in [0.2, 0.25) is 0 Å². The number of non-ortho nitro benzene ring substituents is 1. The van der Waals surface area contributed by atoms with Crippen LogP contribution in [-0.2, 0) is 23.6 Å². The number of nitro benzene ring substituents is 1. The van der Waals surface area contributed by atoms with Crippen molar-refractivity contribution in [3.8, 4) is 0 Å². The molecule has 1 heterocycles. The number of esters is 1. The molecule has 12 heteroatoms. The number of halogens is 1. The van der Waals surface area contributed by atoms with Crippen molar-refractivity contribution >= 4 is 35.0 Å². The van der Waals surface area contributed by atoms with Crippen molar-refractivity contribution in [1.29, 1.82) is 0 Å². The Morgan fingerprint density at radius 1 is 1.22 bits per heavy atom. The molecular formula is C15H13ClN4O7. The monoisotopic (exact) mass is 396 g/mol. The van der Waals surface area contributed by atoms with Crippen molar-refractivity contribution in [1.82, 2.24) is 9.13 Å². The van der Waals surface area contributed by atoms with Gasteiger partial charge in [-0.2, -0.15) is 0 Å². The first-order chi connectivity index (χ1) is 12.6. The highest BCUT2D eigenvalue weighted by molar-refractivity contribution is 6.33. The van der Waals surface area contributed by atoms with Gasteiger partial charge in [0.15, 0.2) is 6.61 Å². The number of nitrogens with one attached hydrogen (secondary N) is 1. The molecule has 1 amide bonds. The van der Waals surface area contributed by atoms with Gasteiger partial charge in [0.25, 0.3) is 17.2 Å². The van der Waals surface area contributed by atoms with Crippen LogP contribution in [0.15, 0.2) is 33.9 Å². The van der Waals surface area contributed by atoms with Gasteiger partial charge >= 0.3 is 11.7 Å². The Morgan fingerprint density at radius 2 is 1.89 bits per heavy atom. The van der Waals surface area contributed by atoms with Crippen molar-refractivity contribution in [2.45, 2.75) is 0 Å². The first-order valence-electron chi connectivity index (χ1n) is 7.29. The van der Waals surface area contributed by atoms with Crippen molar-refractivity contribution in [3.05, 3.63) is 65.8 Å². The molecule has 0 unspecified atom stereocenters. The highest BCUT2D eigenvalue weighted by atomic mass is 35.5. The molecule has 11 nitrogen and oxygen atoms in total. The van der Waals surface area contributed by atoms with Gasteiger partial charge in [-0.15, -0.1) is 0 Å². The van der Waals surface area contributed by atoms with E-state index in [1.54, 1.807) is 0 Å². The zero-order valence-corrected chi connectivity index (χ0v) is 14.8. The number of rotatable bonds is 5. The summed E-state index contributed by atoms with van der Waals surface area (Å²) >= 11 is 5.80. The molecule has 1 aromatic heterocycles. The van der Waals surface area contributed by atoms with Crippen LogP contribution in [0.25, 0.3) is 0 Å². The third-order valence-corrected chi connectivity index (χ3v) is 3.82. The van der Waals surface area contributed by atoms with Crippen LogP contribution in [-0.4, -0.2) is 32.5 Å². The first kappa shape index (κ1) is 19.8. The Morgan fingerprint density at radius 3 is 2.48 bits per heavy atom. The van der Waals surface area contributed by atoms with Gasteiger partial charge in [-0.05, 0) is 6.07 Å². The van der Waals surface area contributed by atoms with Gasteiger partial charge in [-0.3, -0.25) is 28.8 Å². The molecule has 1 N–H and O–H groups in total. The molecule has 0 spiro atoms. The molecule has 0 saturated heterocycles. The maximum atomic E-state index is 12.0. The fourth-order valence-electron chi connectivity index (χ4n) is 2.02. The van der Waals surface area contributed by atoms with E-state index in [0.717, 1.165) is 33.4 Å². The van der Waals surface area contributed by atoms with Crippen LogP contribution in [0.4, 0.5) is 11.5 Å². The van der Waals surface area contributed by atoms with Crippen molar-refractivity contribution in [3.63, 3.8) is 0 Å². The van der Waals surface area contributed by atoms with Gasteiger partial charge in [-0.25, -0.2) is 9.59 Å². The second-order valence-corrected chi connectivity index (χ2v) is 5.72. The van der Waals surface area contributed by atoms with E-state index in [2.05, 4.69) is 5.32 Å². The zero-order chi connectivity index (χ0) is 20.3. The van der Waals surface area contributed by atoms with Crippen LogP contribution in [0.5, 0.6) is 0 Å². The van der Waals surface area contributed by atoms with E-state index >= 15 is 0 Å². The van der Waals surface area contributed by atoms with Crippen LogP contribution in [0, 0.1) is 10.1 Å². The smallest absolute Gasteiger partial charge is 0.340 e. The van der Waals surface area contributed by atoms with Crippen molar-refractivity contribution in [2.24, 2.45) is 14.1 Å². The minimum Gasteiger partial charge on any atom is -0.452 e. The quantitative estimate of drug-likeness (QED) is 0.438. The van der Waals surface area contributed by atoms with Crippen LogP contribution < -0.4 is 16.6 Å². The highest BCUT2D eigenvalue weighted by Gasteiger charge is 2.18. The molecule has 2 aromatic rings. The molecule has 0 aliphatic rings. The molecule has 0 atom stereocenters. The lowest BCUT2D eigenvalue weighted by Crippen LogP contribution is -2.38. The standard InChI is InChI=1S/C15H13ClN4O7/c1-18-11(6-13(22)19(2)15(18)24)17-12(21)7-27-14(23)9-4-3-8(20(25)26)5-10(9)16/h3-6H,7H2,1-2H3,(H,17,21). The van der Waals surface area contributed by atoms with E-state index in [4.69, 9.17) is 16.3 Å². The van der Waals surface area contributed by atoms with Gasteiger partial charge in [0.05, 0.1) is 15.5 Å². The number of amides is 1. The van der Waals surface area contributed by atoms with Crippen LogP contribution in [0.1, 0.15) is 10.4 Å². The second kappa shape index (κ2) is 7.83. The molecule has 0 fully saturated rings. The molecule has 0 aliphatic heterocycles. The molecule has 1 aromatic carbocycles. The minimum absolute atomic E-state index is 0.0717. The summed E-state index contributed by atoms with van der Waals surface area (Å²) in [5.41, 5.74) is -1.73. The number of aromatic nitrogens is 2. The Kier molecular flexibility index (Phi) is 5.75. The largest absolute Gasteiger partial charge is 0.452 e. The van der Waals surface area contributed by atoms with E-state index in [0.29, 0.717) is 0 Å². The van der Waals surface area contributed by atoms with Gasteiger partial charge in [-0.1, -0.05) is 11.6 Å². The van der Waals surface area contributed by atoms with E-state index < -0.39 is 34.7 Å². The topological polar surface area (TPSA) is 143 Å². The Bertz CT molecular complexity index is 1060. The lowest BCUT2D eigenvalue weighted by Gasteiger charge is -2.11. The summed E-state index contributed by atoms with van der Waals surface area (Å²) in [4.78, 5) is 57.2. The molecule has 2 rings (SSSR count). The number of carbonyl (C=O) groups is 2. The third kappa shape index (κ3) is 4.39. The fraction of sp³-hybridized carbons (Fsp3) is 0.200. The molecule has 0 saturated carbocycles. The third-order valence-electron chi connectivity index (χ3n) is 3.51. The highest BCUT2D eigenvalue weighted by Crippen LogP contribution is 2.23. The maximum absolute atomic E-state index is 12.0. The van der Waals surface area contributed by atoms with Crippen LogP contribution in [0.3, 0.4) is 0 Å². The Labute approximate surface area is 155 Å². The lowest BCUT2D eigenvalue weighted by atomic mass is 10.2. The fourth-order valence-corrected chi connectivity index (χ4v) is 2.28. The SMILES string of the molecule is Cn1c(NC(=O)COC(=O)c2ccc([N+](=O)[O-])cc2Cl)cc(=O)n(C)c1=O. The molecule has 142 valence electrons. The van der Waals surface area contributed by atoms with Gasteiger partial charge in [0.1, 0.15) is 5.82 Å². The molecule has 0 bridgehead atoms. The van der Waals surface area contributed by atoms with Gasteiger partial charge in [0, 0.05) is 32.3 Å². The van der Waals surface area contributed by atoms with Crippen LogP contribution >= 0.6 is 11.6 Å². The molecular weight excluding hydrogens is 384 g/mol. The van der Waals surface area contributed by atoms with Crippen LogP contribution in [0.2, 0.25) is 5.02 Å². The predicted octanol–water partition coefficient (Wildman–Crippen LogP) is 0.441. The van der Waals surface area contributed by atoms with E-state index in [9.17, 15) is 29.3 Å². The lowest BCUT2D eigenvalue weighted by molar-refractivity contribution is -0.384. The van der Waals surface area contributed by atoms with Crippen molar-refractivity contribution in [2.75, 3.05) is 11.9 Å². The average molecular weight is 397 g/mol. The van der Waals surface area contributed by atoms with E-state index in [1.165, 1.54) is 14.1 Å². The summed E-state index contributed by atoms with van der Waals surface area (Å²) < 4.78 is 6.68. The van der Waals surface area contributed by atoms with Crippen molar-refractivity contribution < 1.29 is 19.2 Å². The summed E-state index contributed by atoms with van der Waals surface area (Å²) in [5.74, 6) is -1.84. The van der Waals surface area contributed by atoms with Gasteiger partial charge < -0.3 is 10.1 Å². The second-order valence-electron chi connectivity index (χ2n) is 5.31. The minimum atomic E-state index is -0.970. The van der Waals surface area contributed by atoms with E-state index in [1.807, 2.05) is 0 Å². The number of nitrogens with zero attached hydrogens (tertiary/aromatic N) is 3. The number of carbonyl (C=O) groups excluding carboxylic acids is 2. The number of ether oxygens (including phenoxy) is 1. The number of benzene rings is 1. The number of hydrogen-bond acceptors (Lipinski definition) is 7. The summed E-state index contributed by atoms with van der Waals surface area (Å²) in [6, 6.07) is 4.19. The maximum Gasteiger partial charge on any atom is 0.340 e. The first-order valence-corrected chi connectivity index (χ1v) is 7.67. The number of hydrogen-bond donors (Lipinski definition) is 1. The molecule has 0 aliphatic carbocycles. The zero-order valence-electron chi connectivity index (χ0n) is 14.1. The normalized spacial score (nSPS) is 10.3. The van der Waals surface area contributed by atoms with E-state index in [-0.39, 0.29) is 22.1 Å². The summed E-state index contributed by atoms with van der Waals surface area (Å²) in [7, 11) is 2.63. The average Bonchev–Trinajstić information content (AvgIpc) is 2.62. The molecule has 27 heavy (non-hydrogen) atoms. The summed E-state index contributed by atoms with van der Waals surface area (Å²) in [6.45, 7) is -0.727. The predicted molar refractivity (Wildman–Crippen MR) is 93.9 cm³/mol. The summed E-state index contributed by atoms with van der Waals surface area (Å²) in [6.07, 6.45) is 0. The molecule has 0 radical (unpaired) electrons. The summed E-state index contributed by atoms with van der Waals surface area (Å²) in [5, 5.41) is 12.7. The number of anilines is 1. The Hall–Kier alpha value is -3.47.